The number of hydrogen-bond donors (Lipinski definition) is 1. The van der Waals surface area contributed by atoms with Gasteiger partial charge in [0.1, 0.15) is 5.76 Å². The molecule has 0 radical (unpaired) electrons. The average Bonchev–Trinajstić information content (AvgIpc) is 2.82. The van der Waals surface area contributed by atoms with Crippen LogP contribution < -0.4 is 5.32 Å². The van der Waals surface area contributed by atoms with Gasteiger partial charge in [-0.15, -0.1) is 0 Å². The van der Waals surface area contributed by atoms with Gasteiger partial charge in [-0.05, 0) is 25.0 Å². The summed E-state index contributed by atoms with van der Waals surface area (Å²) in [5.74, 6) is 1.10. The van der Waals surface area contributed by atoms with Crippen LogP contribution in [0.3, 0.4) is 0 Å². The molecule has 3 heteroatoms. The summed E-state index contributed by atoms with van der Waals surface area (Å²) in [5, 5.41) is 3.66. The van der Waals surface area contributed by atoms with Crippen molar-refractivity contribution in [1.82, 2.24) is 10.2 Å². The second-order valence-electron chi connectivity index (χ2n) is 4.96. The molecule has 1 saturated heterocycles. The molecule has 2 atom stereocenters. The maximum atomic E-state index is 5.45. The molecular weight excluding hydrogens is 200 g/mol. The van der Waals surface area contributed by atoms with Crippen LogP contribution in [-0.2, 0) is 6.54 Å². The predicted octanol–water partition coefficient (Wildman–Crippen LogP) is 2.00. The Bertz CT molecular complexity index is 321. The highest BCUT2D eigenvalue weighted by Crippen LogP contribution is 2.26. The quantitative estimate of drug-likeness (QED) is 0.826. The third-order valence-corrected chi connectivity index (χ3v) is 3.94. The van der Waals surface area contributed by atoms with Gasteiger partial charge < -0.3 is 9.73 Å². The first-order valence-electron chi connectivity index (χ1n) is 6.43. The van der Waals surface area contributed by atoms with Gasteiger partial charge in [-0.2, -0.15) is 0 Å². The van der Waals surface area contributed by atoms with Crippen LogP contribution in [0.2, 0.25) is 0 Å². The summed E-state index contributed by atoms with van der Waals surface area (Å²) in [6, 6.07) is 5.51. The smallest absolute Gasteiger partial charge is 0.117 e. The zero-order valence-electron chi connectivity index (χ0n) is 9.69. The molecule has 88 valence electrons. The van der Waals surface area contributed by atoms with Crippen LogP contribution in [0.5, 0.6) is 0 Å². The van der Waals surface area contributed by atoms with E-state index in [1.807, 2.05) is 6.07 Å². The number of nitrogens with zero attached hydrogens (tertiary/aromatic N) is 1. The Morgan fingerprint density at radius 2 is 2.31 bits per heavy atom. The fraction of sp³-hybridized carbons (Fsp3) is 0.692. The monoisotopic (exact) mass is 220 g/mol. The molecule has 1 aromatic heterocycles. The molecule has 2 aliphatic rings. The summed E-state index contributed by atoms with van der Waals surface area (Å²) in [4.78, 5) is 2.60. The van der Waals surface area contributed by atoms with Crippen LogP contribution in [-0.4, -0.2) is 30.1 Å². The van der Waals surface area contributed by atoms with Crippen LogP contribution in [0.4, 0.5) is 0 Å². The SMILES string of the molecule is c1coc(CN2CCNC3CCCCC32)c1. The topological polar surface area (TPSA) is 28.4 Å². The summed E-state index contributed by atoms with van der Waals surface area (Å²) in [7, 11) is 0. The first-order chi connectivity index (χ1) is 7.93. The number of nitrogens with one attached hydrogen (secondary N) is 1. The van der Waals surface area contributed by atoms with E-state index in [9.17, 15) is 0 Å². The molecule has 2 unspecified atom stereocenters. The zero-order valence-corrected chi connectivity index (χ0v) is 9.69. The van der Waals surface area contributed by atoms with Crippen molar-refractivity contribution >= 4 is 0 Å². The lowest BCUT2D eigenvalue weighted by atomic mass is 9.87. The number of furan rings is 1. The minimum Gasteiger partial charge on any atom is -0.468 e. The second kappa shape index (κ2) is 4.60. The van der Waals surface area contributed by atoms with Crippen molar-refractivity contribution < 1.29 is 4.42 Å². The lowest BCUT2D eigenvalue weighted by Gasteiger charge is -2.44. The maximum absolute atomic E-state index is 5.45. The third-order valence-electron chi connectivity index (χ3n) is 3.94. The summed E-state index contributed by atoms with van der Waals surface area (Å²) in [6.45, 7) is 3.26. The summed E-state index contributed by atoms with van der Waals surface area (Å²) in [6.07, 6.45) is 7.24. The van der Waals surface area contributed by atoms with Gasteiger partial charge in [0, 0.05) is 25.2 Å². The van der Waals surface area contributed by atoms with Crippen molar-refractivity contribution in [2.75, 3.05) is 13.1 Å². The standard InChI is InChI=1S/C13H20N2O/c1-2-6-13-12(5-1)14-7-8-15(13)10-11-4-3-9-16-11/h3-4,9,12-14H,1-2,5-8,10H2. The molecule has 0 spiro atoms. The largest absolute Gasteiger partial charge is 0.468 e. The highest BCUT2D eigenvalue weighted by atomic mass is 16.3. The fourth-order valence-electron chi connectivity index (χ4n) is 3.14. The molecule has 1 N–H and O–H groups in total. The molecule has 1 saturated carbocycles. The van der Waals surface area contributed by atoms with Gasteiger partial charge in [0.25, 0.3) is 0 Å². The Hall–Kier alpha value is -0.800. The van der Waals surface area contributed by atoms with Gasteiger partial charge in [-0.1, -0.05) is 12.8 Å². The number of fused-ring (bicyclic) bond motifs is 1. The predicted molar refractivity (Wildman–Crippen MR) is 63.2 cm³/mol. The minimum absolute atomic E-state index is 0.720. The molecule has 3 rings (SSSR count). The van der Waals surface area contributed by atoms with Crippen LogP contribution >= 0.6 is 0 Å². The lowest BCUT2D eigenvalue weighted by molar-refractivity contribution is 0.0754. The van der Waals surface area contributed by atoms with Crippen LogP contribution in [0.25, 0.3) is 0 Å². The van der Waals surface area contributed by atoms with Crippen molar-refractivity contribution in [2.45, 2.75) is 44.3 Å². The van der Waals surface area contributed by atoms with Crippen molar-refractivity contribution in [3.8, 4) is 0 Å². The maximum Gasteiger partial charge on any atom is 0.117 e. The van der Waals surface area contributed by atoms with Crippen molar-refractivity contribution in [3.05, 3.63) is 24.2 Å². The van der Waals surface area contributed by atoms with Gasteiger partial charge in [0.2, 0.25) is 0 Å². The zero-order chi connectivity index (χ0) is 10.8. The fourth-order valence-corrected chi connectivity index (χ4v) is 3.14. The summed E-state index contributed by atoms with van der Waals surface area (Å²) in [5.41, 5.74) is 0. The lowest BCUT2D eigenvalue weighted by Crippen LogP contribution is -2.58. The van der Waals surface area contributed by atoms with Crippen molar-refractivity contribution in [2.24, 2.45) is 0 Å². The van der Waals surface area contributed by atoms with Gasteiger partial charge in [-0.3, -0.25) is 4.90 Å². The third kappa shape index (κ3) is 2.02. The van der Waals surface area contributed by atoms with E-state index >= 15 is 0 Å². The van der Waals surface area contributed by atoms with E-state index in [0.29, 0.717) is 0 Å². The Morgan fingerprint density at radius 1 is 1.38 bits per heavy atom. The molecule has 0 amide bonds. The van der Waals surface area contributed by atoms with Crippen molar-refractivity contribution in [3.63, 3.8) is 0 Å². The van der Waals surface area contributed by atoms with E-state index in [4.69, 9.17) is 4.42 Å². The number of hydrogen-bond acceptors (Lipinski definition) is 3. The minimum atomic E-state index is 0.720. The molecule has 16 heavy (non-hydrogen) atoms. The van der Waals surface area contributed by atoms with Crippen LogP contribution in [0.1, 0.15) is 31.4 Å². The van der Waals surface area contributed by atoms with E-state index in [1.165, 1.54) is 25.7 Å². The normalized spacial score (nSPS) is 31.2. The van der Waals surface area contributed by atoms with Gasteiger partial charge in [0.05, 0.1) is 12.8 Å². The molecule has 2 fully saturated rings. The molecule has 1 aromatic rings. The molecule has 1 aliphatic carbocycles. The second-order valence-corrected chi connectivity index (χ2v) is 4.96. The molecular formula is C13H20N2O. The van der Waals surface area contributed by atoms with Gasteiger partial charge >= 0.3 is 0 Å². The highest BCUT2D eigenvalue weighted by Gasteiger charge is 2.32. The van der Waals surface area contributed by atoms with E-state index in [1.54, 1.807) is 6.26 Å². The first kappa shape index (κ1) is 10.4. The summed E-state index contributed by atoms with van der Waals surface area (Å²) < 4.78 is 5.45. The van der Waals surface area contributed by atoms with Crippen molar-refractivity contribution in [1.29, 1.82) is 0 Å². The van der Waals surface area contributed by atoms with Gasteiger partial charge in [-0.25, -0.2) is 0 Å². The Labute approximate surface area is 96.8 Å². The molecule has 1 aliphatic heterocycles. The number of rotatable bonds is 2. The Kier molecular flexibility index (Phi) is 2.98. The molecule has 2 heterocycles. The average molecular weight is 220 g/mol. The van der Waals surface area contributed by atoms with E-state index in [-0.39, 0.29) is 0 Å². The van der Waals surface area contributed by atoms with E-state index < -0.39 is 0 Å². The van der Waals surface area contributed by atoms with Crippen LogP contribution in [0, 0.1) is 0 Å². The van der Waals surface area contributed by atoms with Crippen LogP contribution in [0.15, 0.2) is 22.8 Å². The van der Waals surface area contributed by atoms with Gasteiger partial charge in [0.15, 0.2) is 0 Å². The van der Waals surface area contributed by atoms with E-state index in [2.05, 4.69) is 16.3 Å². The number of piperazine rings is 1. The highest BCUT2D eigenvalue weighted by molar-refractivity contribution is 5.01. The molecule has 3 nitrogen and oxygen atoms in total. The summed E-state index contributed by atoms with van der Waals surface area (Å²) >= 11 is 0. The first-order valence-corrected chi connectivity index (χ1v) is 6.43. The molecule has 0 bridgehead atoms. The Balaban J connectivity index is 1.68. The molecule has 0 aromatic carbocycles. The Morgan fingerprint density at radius 3 is 3.19 bits per heavy atom. The van der Waals surface area contributed by atoms with E-state index in [0.717, 1.165) is 37.5 Å².